The van der Waals surface area contributed by atoms with Gasteiger partial charge >= 0.3 is 0 Å². The van der Waals surface area contributed by atoms with E-state index in [9.17, 15) is 4.79 Å². The normalized spacial score (nSPS) is 11.2. The SMILES string of the molecule is CCCSc1nc(NC(C)C)c2cnn(CCNC(=O)CCl)c2n1. The average Bonchev–Trinajstić information content (AvgIpc) is 2.95. The quantitative estimate of drug-likeness (QED) is 0.401. The van der Waals surface area contributed by atoms with Crippen molar-refractivity contribution in [2.45, 2.75) is 44.9 Å². The van der Waals surface area contributed by atoms with Crippen LogP contribution < -0.4 is 10.6 Å². The van der Waals surface area contributed by atoms with Crippen molar-refractivity contribution in [3.63, 3.8) is 0 Å². The third-order valence-electron chi connectivity index (χ3n) is 3.10. The van der Waals surface area contributed by atoms with Crippen molar-refractivity contribution in [3.05, 3.63) is 6.20 Å². The minimum absolute atomic E-state index is 0.0394. The molecule has 2 heterocycles. The lowest BCUT2D eigenvalue weighted by atomic mass is 10.3. The summed E-state index contributed by atoms with van der Waals surface area (Å²) in [5.41, 5.74) is 0.770. The Morgan fingerprint density at radius 3 is 2.88 bits per heavy atom. The van der Waals surface area contributed by atoms with Crippen LogP contribution in [0.2, 0.25) is 0 Å². The van der Waals surface area contributed by atoms with Crippen LogP contribution in [0.3, 0.4) is 0 Å². The first kappa shape index (κ1) is 18.8. The van der Waals surface area contributed by atoms with Gasteiger partial charge in [-0.1, -0.05) is 18.7 Å². The van der Waals surface area contributed by atoms with Crippen LogP contribution in [0.4, 0.5) is 5.82 Å². The lowest BCUT2D eigenvalue weighted by Gasteiger charge is -2.12. The third-order valence-corrected chi connectivity index (χ3v) is 4.40. The Labute approximate surface area is 150 Å². The first-order valence-electron chi connectivity index (χ1n) is 8.00. The molecule has 0 unspecified atom stereocenters. The number of carbonyl (C=O) groups is 1. The summed E-state index contributed by atoms with van der Waals surface area (Å²) in [7, 11) is 0. The number of alkyl halides is 1. The van der Waals surface area contributed by atoms with E-state index in [0.29, 0.717) is 13.1 Å². The zero-order valence-corrected chi connectivity index (χ0v) is 15.7. The van der Waals surface area contributed by atoms with Crippen molar-refractivity contribution < 1.29 is 4.79 Å². The highest BCUT2D eigenvalue weighted by Crippen LogP contribution is 2.25. The van der Waals surface area contributed by atoms with E-state index < -0.39 is 0 Å². The summed E-state index contributed by atoms with van der Waals surface area (Å²) >= 11 is 7.11. The van der Waals surface area contributed by atoms with Crippen LogP contribution >= 0.6 is 23.4 Å². The highest BCUT2D eigenvalue weighted by Gasteiger charge is 2.14. The predicted molar refractivity (Wildman–Crippen MR) is 98.8 cm³/mol. The zero-order valence-electron chi connectivity index (χ0n) is 14.2. The first-order valence-corrected chi connectivity index (χ1v) is 9.52. The Morgan fingerprint density at radius 2 is 2.21 bits per heavy atom. The highest BCUT2D eigenvalue weighted by atomic mass is 35.5. The third kappa shape index (κ3) is 4.98. The smallest absolute Gasteiger partial charge is 0.234 e. The van der Waals surface area contributed by atoms with Crippen LogP contribution in [-0.4, -0.2) is 49.9 Å². The summed E-state index contributed by atoms with van der Waals surface area (Å²) in [6.45, 7) is 7.25. The summed E-state index contributed by atoms with van der Waals surface area (Å²) in [4.78, 5) is 20.5. The molecule has 24 heavy (non-hydrogen) atoms. The van der Waals surface area contributed by atoms with Crippen molar-refractivity contribution in [1.82, 2.24) is 25.1 Å². The Morgan fingerprint density at radius 1 is 1.42 bits per heavy atom. The van der Waals surface area contributed by atoms with E-state index in [1.165, 1.54) is 0 Å². The molecule has 9 heteroatoms. The maximum absolute atomic E-state index is 11.2. The van der Waals surface area contributed by atoms with Crippen molar-refractivity contribution >= 4 is 46.1 Å². The molecule has 0 aliphatic rings. The topological polar surface area (TPSA) is 84.7 Å². The van der Waals surface area contributed by atoms with Crippen LogP contribution in [0.15, 0.2) is 11.4 Å². The molecule has 0 spiro atoms. The second-order valence-electron chi connectivity index (χ2n) is 5.59. The lowest BCUT2D eigenvalue weighted by Crippen LogP contribution is -2.28. The Bertz CT molecular complexity index is 690. The molecule has 132 valence electrons. The second kappa shape index (κ2) is 9.08. The first-order chi connectivity index (χ1) is 11.5. The van der Waals surface area contributed by atoms with Gasteiger partial charge < -0.3 is 10.6 Å². The summed E-state index contributed by atoms with van der Waals surface area (Å²) in [6, 6.07) is 0.262. The fourth-order valence-corrected chi connectivity index (χ4v) is 2.88. The van der Waals surface area contributed by atoms with Gasteiger partial charge in [0.1, 0.15) is 11.7 Å². The van der Waals surface area contributed by atoms with Gasteiger partial charge in [0.05, 0.1) is 18.1 Å². The molecule has 0 fully saturated rings. The predicted octanol–water partition coefficient (Wildman–Crippen LogP) is 2.50. The summed E-state index contributed by atoms with van der Waals surface area (Å²) in [5.74, 6) is 1.53. The number of fused-ring (bicyclic) bond motifs is 1. The number of hydrogen-bond donors (Lipinski definition) is 2. The van der Waals surface area contributed by atoms with Crippen molar-refractivity contribution in [2.24, 2.45) is 0 Å². The summed E-state index contributed by atoms with van der Waals surface area (Å²) < 4.78 is 1.78. The van der Waals surface area contributed by atoms with Crippen molar-refractivity contribution in [1.29, 1.82) is 0 Å². The summed E-state index contributed by atoms with van der Waals surface area (Å²) in [5, 5.41) is 12.1. The summed E-state index contributed by atoms with van der Waals surface area (Å²) in [6.07, 6.45) is 2.82. The molecule has 7 nitrogen and oxygen atoms in total. The molecule has 0 aliphatic carbocycles. The van der Waals surface area contributed by atoms with E-state index in [4.69, 9.17) is 11.6 Å². The van der Waals surface area contributed by atoms with Crippen LogP contribution in [0, 0.1) is 0 Å². The van der Waals surface area contributed by atoms with Gasteiger partial charge in [-0.05, 0) is 20.3 Å². The van der Waals surface area contributed by atoms with Gasteiger partial charge in [0.15, 0.2) is 10.8 Å². The molecule has 2 rings (SSSR count). The van der Waals surface area contributed by atoms with Crippen LogP contribution in [0.25, 0.3) is 11.0 Å². The molecular weight excluding hydrogens is 348 g/mol. The minimum atomic E-state index is -0.191. The molecule has 0 bridgehead atoms. The van der Waals surface area contributed by atoms with E-state index in [1.807, 2.05) is 0 Å². The molecule has 0 saturated carbocycles. The van der Waals surface area contributed by atoms with E-state index in [-0.39, 0.29) is 17.8 Å². The standard InChI is InChI=1S/C15H23ClN6OS/c1-4-7-24-15-20-13(19-10(2)3)11-9-18-22(14(11)21-15)6-5-17-12(23)8-16/h9-10H,4-8H2,1-3H3,(H,17,23)(H,19,20,21). The number of nitrogens with one attached hydrogen (secondary N) is 2. The van der Waals surface area contributed by atoms with Gasteiger partial charge in [-0.25, -0.2) is 14.6 Å². The molecular formula is C15H23ClN6OS. The van der Waals surface area contributed by atoms with E-state index >= 15 is 0 Å². The zero-order chi connectivity index (χ0) is 17.5. The number of rotatable bonds is 9. The fourth-order valence-electron chi connectivity index (χ4n) is 2.09. The fraction of sp³-hybridized carbons (Fsp3) is 0.600. The van der Waals surface area contributed by atoms with E-state index in [0.717, 1.165) is 34.2 Å². The second-order valence-corrected chi connectivity index (χ2v) is 6.92. The van der Waals surface area contributed by atoms with Gasteiger partial charge in [-0.2, -0.15) is 5.10 Å². The lowest BCUT2D eigenvalue weighted by molar-refractivity contribution is -0.118. The monoisotopic (exact) mass is 370 g/mol. The maximum atomic E-state index is 11.2. The van der Waals surface area contributed by atoms with Crippen molar-refractivity contribution in [3.8, 4) is 0 Å². The number of aromatic nitrogens is 4. The molecule has 0 aromatic carbocycles. The average molecular weight is 371 g/mol. The minimum Gasteiger partial charge on any atom is -0.367 e. The largest absolute Gasteiger partial charge is 0.367 e. The molecule has 0 radical (unpaired) electrons. The van der Waals surface area contributed by atoms with Crippen LogP contribution in [0.5, 0.6) is 0 Å². The maximum Gasteiger partial charge on any atom is 0.234 e. The van der Waals surface area contributed by atoms with Gasteiger partial charge in [-0.15, -0.1) is 11.6 Å². The highest BCUT2D eigenvalue weighted by molar-refractivity contribution is 7.99. The number of hydrogen-bond acceptors (Lipinski definition) is 6. The molecule has 2 aromatic heterocycles. The molecule has 2 aromatic rings. The van der Waals surface area contributed by atoms with Gasteiger partial charge in [0.2, 0.25) is 5.91 Å². The number of halogens is 1. The van der Waals surface area contributed by atoms with Gasteiger partial charge in [-0.3, -0.25) is 4.79 Å². The van der Waals surface area contributed by atoms with Crippen molar-refractivity contribution in [2.75, 3.05) is 23.5 Å². The number of carbonyl (C=O) groups excluding carboxylic acids is 1. The number of anilines is 1. The van der Waals surface area contributed by atoms with Crippen LogP contribution in [-0.2, 0) is 11.3 Å². The molecule has 0 aliphatic heterocycles. The van der Waals surface area contributed by atoms with Crippen LogP contribution in [0.1, 0.15) is 27.2 Å². The van der Waals surface area contributed by atoms with E-state index in [2.05, 4.69) is 46.5 Å². The number of amides is 1. The molecule has 0 atom stereocenters. The molecule has 1 amide bonds. The number of thioether (sulfide) groups is 1. The Kier molecular flexibility index (Phi) is 7.11. The molecule has 2 N–H and O–H groups in total. The number of nitrogens with zero attached hydrogens (tertiary/aromatic N) is 4. The molecule has 0 saturated heterocycles. The van der Waals surface area contributed by atoms with Gasteiger partial charge in [0.25, 0.3) is 0 Å². The Hall–Kier alpha value is -1.54. The van der Waals surface area contributed by atoms with E-state index in [1.54, 1.807) is 22.6 Å². The Balaban J connectivity index is 2.27. The van der Waals surface area contributed by atoms with Gasteiger partial charge in [0, 0.05) is 18.3 Å².